The number of benzene rings is 3. The van der Waals surface area contributed by atoms with Crippen LogP contribution in [0.15, 0.2) is 84.9 Å². The Morgan fingerprint density at radius 1 is 0.758 bits per heavy atom. The molecule has 0 spiro atoms. The molecule has 1 N–H and O–H groups in total. The minimum absolute atomic E-state index is 0.260. The lowest BCUT2D eigenvalue weighted by Gasteiger charge is -2.40. The Labute approximate surface area is 198 Å². The summed E-state index contributed by atoms with van der Waals surface area (Å²) in [5, 5.41) is 10.6. The number of ether oxygens (including phenoxy) is 1. The van der Waals surface area contributed by atoms with Crippen LogP contribution < -0.4 is 4.74 Å². The molecule has 1 fully saturated rings. The number of β-amino-alcohol motifs (C(OH)–C–C–N with tert-alkyl or cyclic N) is 1. The smallest absolute Gasteiger partial charge is 0.122 e. The highest BCUT2D eigenvalue weighted by atomic mass is 16.5. The van der Waals surface area contributed by atoms with Crippen LogP contribution >= 0.6 is 0 Å². The minimum Gasteiger partial charge on any atom is -0.491 e. The first-order valence-electron chi connectivity index (χ1n) is 12.1. The average Bonchev–Trinajstić information content (AvgIpc) is 2.85. The van der Waals surface area contributed by atoms with Crippen LogP contribution in [0, 0.1) is 0 Å². The Morgan fingerprint density at radius 3 is 1.88 bits per heavy atom. The van der Waals surface area contributed by atoms with Crippen molar-refractivity contribution in [3.05, 3.63) is 102 Å². The summed E-state index contributed by atoms with van der Waals surface area (Å²) in [4.78, 5) is 4.91. The lowest BCUT2D eigenvalue weighted by atomic mass is 9.96. The molecule has 1 aliphatic heterocycles. The van der Waals surface area contributed by atoms with Gasteiger partial charge in [0, 0.05) is 32.7 Å². The van der Waals surface area contributed by atoms with E-state index >= 15 is 0 Å². The topological polar surface area (TPSA) is 35.9 Å². The second-order valence-corrected chi connectivity index (χ2v) is 9.22. The molecule has 3 aromatic carbocycles. The van der Waals surface area contributed by atoms with Crippen molar-refractivity contribution in [2.45, 2.75) is 31.9 Å². The van der Waals surface area contributed by atoms with Gasteiger partial charge in [0.25, 0.3) is 0 Å². The molecule has 0 aromatic heterocycles. The lowest BCUT2D eigenvalue weighted by molar-refractivity contribution is 0.0398. The summed E-state index contributed by atoms with van der Waals surface area (Å²) in [6.07, 6.45) is -0.504. The third kappa shape index (κ3) is 6.23. The first kappa shape index (κ1) is 23.5. The predicted molar refractivity (Wildman–Crippen MR) is 135 cm³/mol. The van der Waals surface area contributed by atoms with E-state index in [4.69, 9.17) is 4.74 Å². The van der Waals surface area contributed by atoms with Gasteiger partial charge in [-0.05, 0) is 28.7 Å². The number of para-hydroxylation sites is 1. The molecule has 3 aromatic rings. The number of hydrogen-bond donors (Lipinski definition) is 1. The minimum atomic E-state index is -0.504. The van der Waals surface area contributed by atoms with E-state index in [1.807, 2.05) is 18.2 Å². The van der Waals surface area contributed by atoms with Crippen LogP contribution in [0.4, 0.5) is 0 Å². The van der Waals surface area contributed by atoms with Crippen molar-refractivity contribution in [2.24, 2.45) is 0 Å². The zero-order chi connectivity index (χ0) is 23.0. The summed E-state index contributed by atoms with van der Waals surface area (Å²) in [6, 6.07) is 29.9. The van der Waals surface area contributed by atoms with Crippen LogP contribution in [0.3, 0.4) is 0 Å². The highest BCUT2D eigenvalue weighted by Crippen LogP contribution is 2.29. The molecule has 0 saturated carbocycles. The molecule has 0 bridgehead atoms. The third-order valence-corrected chi connectivity index (χ3v) is 6.44. The van der Waals surface area contributed by atoms with Crippen molar-refractivity contribution in [3.63, 3.8) is 0 Å². The van der Waals surface area contributed by atoms with Crippen molar-refractivity contribution >= 4 is 0 Å². The van der Waals surface area contributed by atoms with Gasteiger partial charge in [0.1, 0.15) is 18.5 Å². The van der Waals surface area contributed by atoms with E-state index in [1.165, 1.54) is 16.7 Å². The van der Waals surface area contributed by atoms with E-state index in [-0.39, 0.29) is 6.04 Å². The van der Waals surface area contributed by atoms with Gasteiger partial charge < -0.3 is 9.84 Å². The van der Waals surface area contributed by atoms with Crippen LogP contribution in [-0.4, -0.2) is 60.3 Å². The molecule has 1 heterocycles. The SMILES string of the molecule is CC(C)c1ccccc1OC[C@H](O)CN1CCN(C(c2ccccc2)c2ccccc2)CC1. The number of aliphatic hydroxyl groups excluding tert-OH is 1. The predicted octanol–water partition coefficient (Wildman–Crippen LogP) is 4.96. The fraction of sp³-hybridized carbons (Fsp3) is 0.379. The quantitative estimate of drug-likeness (QED) is 0.506. The first-order valence-corrected chi connectivity index (χ1v) is 12.1. The number of aliphatic hydroxyl groups is 1. The van der Waals surface area contributed by atoms with Gasteiger partial charge >= 0.3 is 0 Å². The van der Waals surface area contributed by atoms with Crippen molar-refractivity contribution in [1.82, 2.24) is 9.80 Å². The molecular formula is C29H36N2O2. The monoisotopic (exact) mass is 444 g/mol. The Bertz CT molecular complexity index is 930. The first-order chi connectivity index (χ1) is 16.1. The zero-order valence-electron chi connectivity index (χ0n) is 19.8. The maximum Gasteiger partial charge on any atom is 0.122 e. The normalized spacial score (nSPS) is 16.3. The van der Waals surface area contributed by atoms with Crippen molar-refractivity contribution in [2.75, 3.05) is 39.3 Å². The Morgan fingerprint density at radius 2 is 1.30 bits per heavy atom. The van der Waals surface area contributed by atoms with Crippen LogP contribution in [0.5, 0.6) is 5.75 Å². The largest absolute Gasteiger partial charge is 0.491 e. The summed E-state index contributed by atoms with van der Waals surface area (Å²) in [6.45, 7) is 9.11. The molecule has 0 unspecified atom stereocenters. The van der Waals surface area contributed by atoms with Crippen LogP contribution in [0.2, 0.25) is 0 Å². The van der Waals surface area contributed by atoms with Crippen molar-refractivity contribution in [1.29, 1.82) is 0 Å². The maximum atomic E-state index is 10.6. The average molecular weight is 445 g/mol. The molecule has 4 nitrogen and oxygen atoms in total. The molecule has 1 aliphatic rings. The van der Waals surface area contributed by atoms with E-state index in [0.29, 0.717) is 19.1 Å². The summed E-state index contributed by atoms with van der Waals surface area (Å²) >= 11 is 0. The van der Waals surface area contributed by atoms with Crippen LogP contribution in [0.25, 0.3) is 0 Å². The lowest BCUT2D eigenvalue weighted by Crippen LogP contribution is -2.50. The van der Waals surface area contributed by atoms with Crippen LogP contribution in [-0.2, 0) is 0 Å². The fourth-order valence-electron chi connectivity index (χ4n) is 4.71. The molecule has 4 rings (SSSR count). The fourth-order valence-corrected chi connectivity index (χ4v) is 4.71. The maximum absolute atomic E-state index is 10.6. The van der Waals surface area contributed by atoms with Gasteiger partial charge in [-0.15, -0.1) is 0 Å². The molecule has 1 atom stereocenters. The number of piperazine rings is 1. The second-order valence-electron chi connectivity index (χ2n) is 9.22. The highest BCUT2D eigenvalue weighted by Gasteiger charge is 2.27. The van der Waals surface area contributed by atoms with Gasteiger partial charge in [-0.25, -0.2) is 0 Å². The van der Waals surface area contributed by atoms with Crippen molar-refractivity contribution < 1.29 is 9.84 Å². The molecule has 0 radical (unpaired) electrons. The highest BCUT2D eigenvalue weighted by molar-refractivity contribution is 5.35. The Kier molecular flexibility index (Phi) is 8.16. The molecular weight excluding hydrogens is 408 g/mol. The zero-order valence-corrected chi connectivity index (χ0v) is 19.8. The van der Waals surface area contributed by atoms with E-state index in [1.54, 1.807) is 0 Å². The summed E-state index contributed by atoms with van der Waals surface area (Å²) in [7, 11) is 0. The van der Waals surface area contributed by atoms with E-state index in [2.05, 4.69) is 90.4 Å². The standard InChI is InChI=1S/C29H36N2O2/c1-23(2)27-15-9-10-16-28(27)33-22-26(32)21-30-17-19-31(20-18-30)29(24-11-5-3-6-12-24)25-13-7-4-8-14-25/h3-16,23,26,29,32H,17-22H2,1-2H3/t26-/m1/s1. The third-order valence-electron chi connectivity index (χ3n) is 6.44. The van der Waals surface area contributed by atoms with Gasteiger partial charge in [0.15, 0.2) is 0 Å². The molecule has 1 saturated heterocycles. The van der Waals surface area contributed by atoms with Gasteiger partial charge in [0.2, 0.25) is 0 Å². The molecule has 174 valence electrons. The summed E-state index contributed by atoms with van der Waals surface area (Å²) in [5.41, 5.74) is 3.84. The van der Waals surface area contributed by atoms with E-state index in [0.717, 1.165) is 31.9 Å². The number of rotatable bonds is 9. The van der Waals surface area contributed by atoms with Gasteiger partial charge in [-0.2, -0.15) is 0 Å². The Balaban J connectivity index is 1.32. The van der Waals surface area contributed by atoms with Gasteiger partial charge in [-0.1, -0.05) is 92.7 Å². The molecule has 0 aliphatic carbocycles. The number of nitrogens with zero attached hydrogens (tertiary/aromatic N) is 2. The summed E-state index contributed by atoms with van der Waals surface area (Å²) < 4.78 is 5.99. The number of hydrogen-bond acceptors (Lipinski definition) is 4. The van der Waals surface area contributed by atoms with E-state index < -0.39 is 6.10 Å². The van der Waals surface area contributed by atoms with Gasteiger partial charge in [-0.3, -0.25) is 9.80 Å². The Hall–Kier alpha value is -2.66. The molecule has 4 heteroatoms. The van der Waals surface area contributed by atoms with Crippen molar-refractivity contribution in [3.8, 4) is 5.75 Å². The second kappa shape index (κ2) is 11.5. The van der Waals surface area contributed by atoms with Gasteiger partial charge in [0.05, 0.1) is 6.04 Å². The van der Waals surface area contributed by atoms with Crippen LogP contribution in [0.1, 0.15) is 42.5 Å². The summed E-state index contributed by atoms with van der Waals surface area (Å²) in [5.74, 6) is 1.28. The molecule has 33 heavy (non-hydrogen) atoms. The molecule has 0 amide bonds. The van der Waals surface area contributed by atoms with E-state index in [9.17, 15) is 5.11 Å².